The fourth-order valence-electron chi connectivity index (χ4n) is 10.1. The Labute approximate surface area is 248 Å². The molecule has 0 saturated heterocycles. The van der Waals surface area contributed by atoms with E-state index in [4.69, 9.17) is 0 Å². The summed E-state index contributed by atoms with van der Waals surface area (Å²) in [5, 5.41) is 0. The van der Waals surface area contributed by atoms with Gasteiger partial charge >= 0.3 is 0 Å². The molecule has 0 N–H and O–H groups in total. The summed E-state index contributed by atoms with van der Waals surface area (Å²) < 4.78 is 0. The maximum absolute atomic E-state index is 2.64. The topological polar surface area (TPSA) is 6.48 Å². The van der Waals surface area contributed by atoms with Gasteiger partial charge in [-0.15, -0.1) is 0 Å². The van der Waals surface area contributed by atoms with Crippen LogP contribution in [0.15, 0.2) is 121 Å². The van der Waals surface area contributed by atoms with Gasteiger partial charge in [-0.05, 0) is 126 Å². The Hall–Kier alpha value is -4.24. The molecular weight excluding hydrogens is 507 g/mol. The minimum absolute atomic E-state index is 0.199. The maximum Gasteiger partial charge on any atom is 0.252 e. The summed E-state index contributed by atoms with van der Waals surface area (Å²) in [6.45, 7) is 0.199. The van der Waals surface area contributed by atoms with E-state index in [-0.39, 0.29) is 6.71 Å². The van der Waals surface area contributed by atoms with Crippen LogP contribution in [0.1, 0.15) is 37.7 Å². The van der Waals surface area contributed by atoms with Gasteiger partial charge in [-0.3, -0.25) is 0 Å². The van der Waals surface area contributed by atoms with Crippen LogP contribution in [0.4, 0.5) is 34.1 Å². The number of hydrogen-bond acceptors (Lipinski definition) is 2. The summed E-state index contributed by atoms with van der Waals surface area (Å²) in [4.78, 5) is 5.13. The highest BCUT2D eigenvalue weighted by Gasteiger charge is 2.57. The third-order valence-electron chi connectivity index (χ3n) is 11.4. The Morgan fingerprint density at radius 3 is 1.50 bits per heavy atom. The van der Waals surface area contributed by atoms with E-state index in [9.17, 15) is 0 Å². The molecule has 5 aromatic rings. The first-order chi connectivity index (χ1) is 20.8. The summed E-state index contributed by atoms with van der Waals surface area (Å²) in [5.74, 6) is 2.78. The molecule has 2 aliphatic heterocycles. The second kappa shape index (κ2) is 8.41. The minimum Gasteiger partial charge on any atom is -0.311 e. The van der Waals surface area contributed by atoms with Gasteiger partial charge in [0, 0.05) is 34.1 Å². The van der Waals surface area contributed by atoms with Crippen LogP contribution in [0, 0.1) is 17.8 Å². The lowest BCUT2D eigenvalue weighted by Crippen LogP contribution is -2.61. The van der Waals surface area contributed by atoms with E-state index in [1.807, 2.05) is 0 Å². The Morgan fingerprint density at radius 1 is 0.524 bits per heavy atom. The van der Waals surface area contributed by atoms with Gasteiger partial charge in [-0.1, -0.05) is 72.8 Å². The Balaban J connectivity index is 1.31. The average molecular weight is 541 g/mol. The number of benzene rings is 5. The van der Waals surface area contributed by atoms with Crippen molar-refractivity contribution >= 4 is 57.2 Å². The van der Waals surface area contributed by atoms with Crippen LogP contribution in [-0.4, -0.2) is 6.71 Å². The van der Waals surface area contributed by atoms with Crippen LogP contribution in [0.3, 0.4) is 0 Å². The summed E-state index contributed by atoms with van der Waals surface area (Å²) in [6.07, 6.45) is 7.06. The molecule has 4 bridgehead atoms. The van der Waals surface area contributed by atoms with E-state index in [1.54, 1.807) is 5.56 Å². The first kappa shape index (κ1) is 23.3. The predicted octanol–water partition coefficient (Wildman–Crippen LogP) is 7.85. The van der Waals surface area contributed by atoms with Gasteiger partial charge in [0.15, 0.2) is 0 Å². The number of fused-ring (bicyclic) bond motifs is 4. The second-order valence-corrected chi connectivity index (χ2v) is 13.6. The minimum atomic E-state index is 0.199. The molecule has 4 saturated carbocycles. The molecule has 11 rings (SSSR count). The van der Waals surface area contributed by atoms with Gasteiger partial charge in [0.1, 0.15) is 0 Å². The molecule has 0 spiro atoms. The third kappa shape index (κ3) is 3.06. The van der Waals surface area contributed by atoms with Gasteiger partial charge in [-0.2, -0.15) is 0 Å². The fraction of sp³-hybridized carbons (Fsp3) is 0.231. The highest BCUT2D eigenvalue weighted by molar-refractivity contribution is 7.00. The van der Waals surface area contributed by atoms with Gasteiger partial charge in [0.2, 0.25) is 0 Å². The SMILES string of the molecule is c1ccc(N2c3ccccc3B3c4ccccc4N(c4ccccc4)c4cc(C56CC7CC(C5)C(C7)C6)cc2c43)cc1. The Morgan fingerprint density at radius 2 is 1.00 bits per heavy atom. The van der Waals surface area contributed by atoms with Crippen molar-refractivity contribution in [3.63, 3.8) is 0 Å². The number of rotatable bonds is 3. The molecule has 0 aromatic heterocycles. The molecule has 42 heavy (non-hydrogen) atoms. The molecule has 2 unspecified atom stereocenters. The molecular formula is C39H33BN2. The van der Waals surface area contributed by atoms with Crippen molar-refractivity contribution in [2.24, 2.45) is 17.8 Å². The fourth-order valence-corrected chi connectivity index (χ4v) is 10.1. The molecule has 2 atom stereocenters. The first-order valence-electron chi connectivity index (χ1n) is 15.8. The van der Waals surface area contributed by atoms with E-state index >= 15 is 0 Å². The molecule has 0 radical (unpaired) electrons. The highest BCUT2D eigenvalue weighted by Crippen LogP contribution is 2.65. The zero-order valence-corrected chi connectivity index (χ0v) is 23.8. The van der Waals surface area contributed by atoms with Crippen molar-refractivity contribution in [3.8, 4) is 0 Å². The van der Waals surface area contributed by atoms with Crippen LogP contribution in [0.2, 0.25) is 0 Å². The monoisotopic (exact) mass is 540 g/mol. The molecule has 0 amide bonds. The van der Waals surface area contributed by atoms with Crippen LogP contribution in [0.25, 0.3) is 0 Å². The van der Waals surface area contributed by atoms with Crippen LogP contribution in [0.5, 0.6) is 0 Å². The normalized spacial score (nSPS) is 25.8. The first-order valence-corrected chi connectivity index (χ1v) is 15.8. The van der Waals surface area contributed by atoms with Crippen molar-refractivity contribution in [1.29, 1.82) is 0 Å². The van der Waals surface area contributed by atoms with E-state index in [1.165, 1.54) is 82.6 Å². The number of hydrogen-bond donors (Lipinski definition) is 0. The maximum atomic E-state index is 2.64. The smallest absolute Gasteiger partial charge is 0.252 e. The van der Waals surface area contributed by atoms with Crippen molar-refractivity contribution in [2.45, 2.75) is 37.5 Å². The van der Waals surface area contributed by atoms with Crippen LogP contribution in [-0.2, 0) is 5.41 Å². The zero-order valence-electron chi connectivity index (χ0n) is 23.8. The van der Waals surface area contributed by atoms with E-state index in [0.717, 1.165) is 17.8 Å². The van der Waals surface area contributed by atoms with Gasteiger partial charge in [-0.25, -0.2) is 0 Å². The molecule has 3 heteroatoms. The van der Waals surface area contributed by atoms with Crippen LogP contribution >= 0.6 is 0 Å². The van der Waals surface area contributed by atoms with Gasteiger partial charge in [0.25, 0.3) is 6.71 Å². The van der Waals surface area contributed by atoms with Gasteiger partial charge in [0.05, 0.1) is 0 Å². The van der Waals surface area contributed by atoms with Crippen molar-refractivity contribution in [1.82, 2.24) is 0 Å². The third-order valence-corrected chi connectivity index (χ3v) is 11.4. The molecule has 5 aromatic carbocycles. The van der Waals surface area contributed by atoms with E-state index < -0.39 is 0 Å². The molecule has 4 aliphatic carbocycles. The molecule has 2 nitrogen and oxygen atoms in total. The predicted molar refractivity (Wildman–Crippen MR) is 176 cm³/mol. The van der Waals surface area contributed by atoms with Crippen molar-refractivity contribution in [2.75, 3.05) is 9.80 Å². The summed E-state index contributed by atoms with van der Waals surface area (Å²) in [5.41, 5.74) is 13.9. The Bertz CT molecular complexity index is 1730. The lowest BCUT2D eigenvalue weighted by Gasteiger charge is -2.46. The molecule has 2 heterocycles. The van der Waals surface area contributed by atoms with E-state index in [2.05, 4.69) is 131 Å². The summed E-state index contributed by atoms with van der Waals surface area (Å²) in [7, 11) is 0. The summed E-state index contributed by atoms with van der Waals surface area (Å²) >= 11 is 0. The van der Waals surface area contributed by atoms with Crippen molar-refractivity contribution < 1.29 is 0 Å². The molecule has 6 aliphatic rings. The quantitative estimate of drug-likeness (QED) is 0.211. The number of nitrogens with zero attached hydrogens (tertiary/aromatic N) is 2. The Kier molecular flexibility index (Phi) is 4.68. The summed E-state index contributed by atoms with van der Waals surface area (Å²) in [6, 6.07) is 45.6. The zero-order chi connectivity index (χ0) is 27.4. The van der Waals surface area contributed by atoms with Gasteiger partial charge < -0.3 is 9.80 Å². The van der Waals surface area contributed by atoms with Crippen LogP contribution < -0.4 is 26.2 Å². The highest BCUT2D eigenvalue weighted by atomic mass is 15.2. The average Bonchev–Trinajstić information content (AvgIpc) is 3.47. The lowest BCUT2D eigenvalue weighted by atomic mass is 9.33. The second-order valence-electron chi connectivity index (χ2n) is 13.6. The lowest BCUT2D eigenvalue weighted by molar-refractivity contribution is 0.229. The number of anilines is 6. The largest absolute Gasteiger partial charge is 0.311 e. The molecule has 4 fully saturated rings. The standard InChI is InChI=1S/C39H33BN2/c1-3-11-30(12-4-1)41-34-17-9-7-15-32(34)40-33-16-8-10-18-35(33)42(31-13-5-2-6-14-31)37-22-29(21-36(41)38(37)40)39-23-26-19-27(24-39)28(20-26)25-39/h1-18,21-22,26-28H,19-20,23-25H2. The number of para-hydroxylation sites is 4. The molecule has 202 valence electrons. The van der Waals surface area contributed by atoms with Crippen molar-refractivity contribution in [3.05, 3.63) is 127 Å². The van der Waals surface area contributed by atoms with E-state index in [0.29, 0.717) is 5.41 Å².